The second kappa shape index (κ2) is 11.9. The van der Waals surface area contributed by atoms with Gasteiger partial charge >= 0.3 is 9.28 Å². The van der Waals surface area contributed by atoms with Gasteiger partial charge in [0, 0.05) is 38.2 Å². The van der Waals surface area contributed by atoms with Crippen LogP contribution in [0.1, 0.15) is 38.5 Å². The van der Waals surface area contributed by atoms with Crippen LogP contribution in [0.3, 0.4) is 0 Å². The highest BCUT2D eigenvalue weighted by atomic mass is 33.1. The standard InChI is InChI=1S/C13H27NO3S2Si/c1-16-20(17-2)11-5-9-14-13(15)7-4-3-6-12-8-10-18-19-12/h12,20H,3-11H2,1-2H3,(H,14,15). The molecule has 4 nitrogen and oxygen atoms in total. The van der Waals surface area contributed by atoms with Crippen LogP contribution in [0.25, 0.3) is 0 Å². The van der Waals surface area contributed by atoms with E-state index in [2.05, 4.69) is 5.32 Å². The van der Waals surface area contributed by atoms with Crippen molar-refractivity contribution < 1.29 is 13.6 Å². The first-order chi connectivity index (χ1) is 9.76. The molecule has 1 N–H and O–H groups in total. The summed E-state index contributed by atoms with van der Waals surface area (Å²) < 4.78 is 10.5. The Morgan fingerprint density at radius 1 is 1.30 bits per heavy atom. The lowest BCUT2D eigenvalue weighted by molar-refractivity contribution is -0.121. The average molecular weight is 338 g/mol. The molecule has 20 heavy (non-hydrogen) atoms. The molecular weight excluding hydrogens is 310 g/mol. The third-order valence-electron chi connectivity index (χ3n) is 3.37. The molecule has 0 radical (unpaired) electrons. The zero-order valence-electron chi connectivity index (χ0n) is 12.6. The summed E-state index contributed by atoms with van der Waals surface area (Å²) in [6, 6.07) is 0.948. The van der Waals surface area contributed by atoms with E-state index in [1.807, 2.05) is 21.6 Å². The molecule has 0 aliphatic carbocycles. The minimum atomic E-state index is -1.45. The zero-order chi connectivity index (χ0) is 14.6. The minimum Gasteiger partial charge on any atom is -0.400 e. The second-order valence-corrected chi connectivity index (χ2v) is 10.1. The fourth-order valence-electron chi connectivity index (χ4n) is 2.14. The van der Waals surface area contributed by atoms with Crippen LogP contribution >= 0.6 is 21.6 Å². The third-order valence-corrected chi connectivity index (χ3v) is 8.31. The van der Waals surface area contributed by atoms with Gasteiger partial charge in [0.15, 0.2) is 0 Å². The van der Waals surface area contributed by atoms with Crippen molar-refractivity contribution >= 4 is 36.8 Å². The first-order valence-corrected chi connectivity index (χ1v) is 11.5. The van der Waals surface area contributed by atoms with E-state index in [1.54, 1.807) is 14.2 Å². The Morgan fingerprint density at radius 2 is 2.10 bits per heavy atom. The maximum absolute atomic E-state index is 11.7. The van der Waals surface area contributed by atoms with E-state index in [-0.39, 0.29) is 5.91 Å². The van der Waals surface area contributed by atoms with Crippen LogP contribution in [0.4, 0.5) is 0 Å². The molecule has 1 aliphatic heterocycles. The highest BCUT2D eigenvalue weighted by Crippen LogP contribution is 2.39. The van der Waals surface area contributed by atoms with Crippen LogP contribution in [-0.4, -0.2) is 47.0 Å². The number of rotatable bonds is 11. The molecule has 118 valence electrons. The molecule has 0 aromatic carbocycles. The summed E-state index contributed by atoms with van der Waals surface area (Å²) in [6.45, 7) is 0.740. The molecule has 0 spiro atoms. The number of nitrogens with one attached hydrogen (secondary N) is 1. The normalized spacial score (nSPS) is 18.6. The van der Waals surface area contributed by atoms with Crippen LogP contribution < -0.4 is 5.32 Å². The van der Waals surface area contributed by atoms with Crippen LogP contribution in [0, 0.1) is 0 Å². The van der Waals surface area contributed by atoms with E-state index in [9.17, 15) is 4.79 Å². The molecule has 1 atom stereocenters. The molecule has 1 aliphatic rings. The largest absolute Gasteiger partial charge is 0.400 e. The van der Waals surface area contributed by atoms with Gasteiger partial charge < -0.3 is 14.2 Å². The number of amides is 1. The van der Waals surface area contributed by atoms with E-state index in [0.29, 0.717) is 6.42 Å². The number of hydrogen-bond acceptors (Lipinski definition) is 5. The van der Waals surface area contributed by atoms with Crippen molar-refractivity contribution in [1.82, 2.24) is 5.32 Å². The van der Waals surface area contributed by atoms with Gasteiger partial charge in [-0.2, -0.15) is 0 Å². The predicted molar refractivity (Wildman–Crippen MR) is 90.5 cm³/mol. The molecule has 1 saturated heterocycles. The van der Waals surface area contributed by atoms with Crippen LogP contribution in [0.2, 0.25) is 6.04 Å². The maximum atomic E-state index is 11.7. The smallest absolute Gasteiger partial charge is 0.320 e. The van der Waals surface area contributed by atoms with Crippen molar-refractivity contribution in [3.05, 3.63) is 0 Å². The molecular formula is C13H27NO3S2Si. The van der Waals surface area contributed by atoms with Crippen molar-refractivity contribution in [2.75, 3.05) is 26.5 Å². The molecule has 0 aromatic heterocycles. The van der Waals surface area contributed by atoms with Gasteiger partial charge in [0.25, 0.3) is 0 Å². The van der Waals surface area contributed by atoms with E-state index >= 15 is 0 Å². The van der Waals surface area contributed by atoms with E-state index in [0.717, 1.165) is 30.7 Å². The summed E-state index contributed by atoms with van der Waals surface area (Å²) in [5.41, 5.74) is 0. The molecule has 0 bridgehead atoms. The Balaban J connectivity index is 1.89. The summed E-state index contributed by atoms with van der Waals surface area (Å²) in [7, 11) is 5.95. The minimum absolute atomic E-state index is 0.187. The lowest BCUT2D eigenvalue weighted by Gasteiger charge is -2.11. The van der Waals surface area contributed by atoms with Crippen molar-refractivity contribution in [3.63, 3.8) is 0 Å². The summed E-state index contributed by atoms with van der Waals surface area (Å²) in [5.74, 6) is 1.48. The molecule has 1 amide bonds. The number of hydrogen-bond donors (Lipinski definition) is 1. The molecule has 0 aromatic rings. The van der Waals surface area contributed by atoms with Gasteiger partial charge in [0.2, 0.25) is 5.91 Å². The average Bonchev–Trinajstić information content (AvgIpc) is 2.97. The predicted octanol–water partition coefficient (Wildman–Crippen LogP) is 2.72. The van der Waals surface area contributed by atoms with E-state index in [4.69, 9.17) is 8.85 Å². The lowest BCUT2D eigenvalue weighted by Crippen LogP contribution is -2.26. The van der Waals surface area contributed by atoms with E-state index < -0.39 is 9.28 Å². The van der Waals surface area contributed by atoms with Gasteiger partial charge in [0.1, 0.15) is 0 Å². The number of carbonyl (C=O) groups excluding carboxylic acids is 1. The quantitative estimate of drug-likeness (QED) is 0.357. The van der Waals surface area contributed by atoms with Crippen LogP contribution in [-0.2, 0) is 13.6 Å². The van der Waals surface area contributed by atoms with Gasteiger partial charge in [-0.3, -0.25) is 4.79 Å². The summed E-state index contributed by atoms with van der Waals surface area (Å²) in [5, 5.41) is 3.80. The summed E-state index contributed by atoms with van der Waals surface area (Å²) in [6.07, 6.45) is 6.40. The van der Waals surface area contributed by atoms with Gasteiger partial charge in [-0.05, 0) is 31.7 Å². The molecule has 1 rings (SSSR count). The van der Waals surface area contributed by atoms with Crippen molar-refractivity contribution in [3.8, 4) is 0 Å². The molecule has 1 heterocycles. The Labute approximate surface area is 132 Å². The second-order valence-electron chi connectivity index (χ2n) is 4.97. The Bertz CT molecular complexity index is 250. The Morgan fingerprint density at radius 3 is 2.75 bits per heavy atom. The van der Waals surface area contributed by atoms with Crippen molar-refractivity contribution in [1.29, 1.82) is 0 Å². The Hall–Kier alpha value is 0.307. The highest BCUT2D eigenvalue weighted by molar-refractivity contribution is 8.77. The van der Waals surface area contributed by atoms with Gasteiger partial charge in [-0.15, -0.1) is 0 Å². The van der Waals surface area contributed by atoms with Gasteiger partial charge in [-0.25, -0.2) is 0 Å². The first-order valence-electron chi connectivity index (χ1n) is 7.36. The fraction of sp³-hybridized carbons (Fsp3) is 0.923. The topological polar surface area (TPSA) is 47.6 Å². The molecule has 1 fully saturated rings. The van der Waals surface area contributed by atoms with Crippen LogP contribution in [0.5, 0.6) is 0 Å². The maximum Gasteiger partial charge on any atom is 0.320 e. The van der Waals surface area contributed by atoms with Crippen molar-refractivity contribution in [2.45, 2.75) is 49.8 Å². The fourth-order valence-corrected chi connectivity index (χ4v) is 6.37. The SMILES string of the molecule is CO[SiH](CCCNC(=O)CCCCC1CCSS1)OC. The van der Waals surface area contributed by atoms with Gasteiger partial charge in [-0.1, -0.05) is 28.0 Å². The third kappa shape index (κ3) is 8.56. The number of carbonyl (C=O) groups is 1. The Kier molecular flexibility index (Phi) is 10.9. The summed E-state index contributed by atoms with van der Waals surface area (Å²) in [4.78, 5) is 11.7. The molecule has 0 saturated carbocycles. The van der Waals surface area contributed by atoms with Crippen LogP contribution in [0.15, 0.2) is 0 Å². The lowest BCUT2D eigenvalue weighted by atomic mass is 10.1. The summed E-state index contributed by atoms with van der Waals surface area (Å²) >= 11 is 0. The molecule has 7 heteroatoms. The van der Waals surface area contributed by atoms with Crippen molar-refractivity contribution in [2.24, 2.45) is 0 Å². The monoisotopic (exact) mass is 337 g/mol. The van der Waals surface area contributed by atoms with E-state index in [1.165, 1.54) is 25.0 Å². The zero-order valence-corrected chi connectivity index (χ0v) is 15.3. The highest BCUT2D eigenvalue weighted by Gasteiger charge is 2.15. The molecule has 1 unspecified atom stereocenters. The first kappa shape index (κ1) is 18.4. The number of unbranched alkanes of at least 4 members (excludes halogenated alkanes) is 1. The van der Waals surface area contributed by atoms with Gasteiger partial charge in [0.05, 0.1) is 0 Å².